The van der Waals surface area contributed by atoms with Crippen LogP contribution in [0.1, 0.15) is 25.0 Å². The average Bonchev–Trinajstić information content (AvgIpc) is 2.17. The van der Waals surface area contributed by atoms with Crippen LogP contribution in [0.2, 0.25) is 0 Å². The Bertz CT molecular complexity index is 410. The number of hydrogen-bond donors (Lipinski definition) is 2. The molecule has 1 aromatic carbocycles. The summed E-state index contributed by atoms with van der Waals surface area (Å²) in [6, 6.07) is 2.55. The summed E-state index contributed by atoms with van der Waals surface area (Å²) in [5.41, 5.74) is -2.06. The number of alkyl halides is 3. The van der Waals surface area contributed by atoms with Gasteiger partial charge in [0.05, 0.1) is 11.2 Å². The molecule has 0 fully saturated rings. The fourth-order valence-electron chi connectivity index (χ4n) is 1.47. The zero-order valence-electron chi connectivity index (χ0n) is 10.1. The van der Waals surface area contributed by atoms with E-state index < -0.39 is 23.2 Å². The smallest absolute Gasteiger partial charge is 0.389 e. The minimum atomic E-state index is -4.59. The summed E-state index contributed by atoms with van der Waals surface area (Å²) in [5, 5.41) is 12.1. The van der Waals surface area contributed by atoms with Gasteiger partial charge in [0, 0.05) is 13.1 Å². The maximum Gasteiger partial charge on any atom is 0.416 e. The molecule has 0 aliphatic heterocycles. The van der Waals surface area contributed by atoms with E-state index in [0.717, 1.165) is 12.1 Å². The van der Waals surface area contributed by atoms with Crippen LogP contribution in [0.3, 0.4) is 0 Å². The van der Waals surface area contributed by atoms with E-state index >= 15 is 0 Å². The Morgan fingerprint density at radius 1 is 1.22 bits per heavy atom. The molecule has 0 unspecified atom stereocenters. The van der Waals surface area contributed by atoms with Crippen molar-refractivity contribution >= 4 is 0 Å². The molecule has 0 aliphatic rings. The van der Waals surface area contributed by atoms with Gasteiger partial charge in [-0.2, -0.15) is 13.2 Å². The van der Waals surface area contributed by atoms with Crippen molar-refractivity contribution < 1.29 is 22.7 Å². The first-order valence-electron chi connectivity index (χ1n) is 5.38. The van der Waals surface area contributed by atoms with Gasteiger partial charge in [0.25, 0.3) is 0 Å². The monoisotopic (exact) mass is 265 g/mol. The van der Waals surface area contributed by atoms with Crippen LogP contribution in [-0.2, 0) is 12.7 Å². The van der Waals surface area contributed by atoms with Crippen LogP contribution in [0.5, 0.6) is 0 Å². The SMILES string of the molecule is CC(C)(O)CNCc1ccc(F)cc1C(F)(F)F. The summed E-state index contributed by atoms with van der Waals surface area (Å²) >= 11 is 0. The van der Waals surface area contributed by atoms with Crippen molar-refractivity contribution in [1.82, 2.24) is 5.32 Å². The number of aliphatic hydroxyl groups is 1. The molecule has 0 spiro atoms. The fraction of sp³-hybridized carbons (Fsp3) is 0.500. The molecule has 0 heterocycles. The maximum absolute atomic E-state index is 12.8. The molecule has 0 aliphatic carbocycles. The molecular formula is C12H15F4NO. The molecule has 0 radical (unpaired) electrons. The summed E-state index contributed by atoms with van der Waals surface area (Å²) < 4.78 is 50.8. The van der Waals surface area contributed by atoms with Gasteiger partial charge in [0.1, 0.15) is 5.82 Å². The molecule has 102 valence electrons. The van der Waals surface area contributed by atoms with E-state index in [2.05, 4.69) is 5.32 Å². The van der Waals surface area contributed by atoms with Crippen LogP contribution in [-0.4, -0.2) is 17.3 Å². The zero-order chi connectivity index (χ0) is 14.0. The van der Waals surface area contributed by atoms with E-state index in [0.29, 0.717) is 6.07 Å². The second-order valence-corrected chi connectivity index (χ2v) is 4.72. The van der Waals surface area contributed by atoms with Crippen molar-refractivity contribution in [1.29, 1.82) is 0 Å². The molecule has 1 aromatic rings. The number of benzene rings is 1. The summed E-state index contributed by atoms with van der Waals surface area (Å²) in [5.74, 6) is -0.923. The van der Waals surface area contributed by atoms with Crippen molar-refractivity contribution in [3.63, 3.8) is 0 Å². The molecule has 2 N–H and O–H groups in total. The lowest BCUT2D eigenvalue weighted by Gasteiger charge is -2.19. The molecule has 0 bridgehead atoms. The standard InChI is InChI=1S/C12H15F4NO/c1-11(2,18)7-17-6-8-3-4-9(13)5-10(8)12(14,15)16/h3-5,17-18H,6-7H2,1-2H3. The highest BCUT2D eigenvalue weighted by Gasteiger charge is 2.33. The lowest BCUT2D eigenvalue weighted by atomic mass is 10.1. The van der Waals surface area contributed by atoms with Crippen LogP contribution in [0.25, 0.3) is 0 Å². The van der Waals surface area contributed by atoms with E-state index in [-0.39, 0.29) is 18.7 Å². The molecule has 0 saturated heterocycles. The Balaban J connectivity index is 2.83. The molecule has 18 heavy (non-hydrogen) atoms. The predicted octanol–water partition coefficient (Wildman–Crippen LogP) is 2.71. The van der Waals surface area contributed by atoms with Gasteiger partial charge in [-0.15, -0.1) is 0 Å². The van der Waals surface area contributed by atoms with Gasteiger partial charge in [0.2, 0.25) is 0 Å². The van der Waals surface area contributed by atoms with Crippen molar-refractivity contribution in [2.75, 3.05) is 6.54 Å². The van der Waals surface area contributed by atoms with E-state index in [1.54, 1.807) is 0 Å². The van der Waals surface area contributed by atoms with Crippen molar-refractivity contribution in [2.45, 2.75) is 32.2 Å². The van der Waals surface area contributed by atoms with Gasteiger partial charge >= 0.3 is 6.18 Å². The van der Waals surface area contributed by atoms with Crippen molar-refractivity contribution in [2.24, 2.45) is 0 Å². The highest BCUT2D eigenvalue weighted by Crippen LogP contribution is 2.32. The maximum atomic E-state index is 12.8. The summed E-state index contributed by atoms with van der Waals surface area (Å²) in [6.07, 6.45) is -4.59. The molecule has 0 saturated carbocycles. The highest BCUT2D eigenvalue weighted by atomic mass is 19.4. The molecular weight excluding hydrogens is 250 g/mol. The van der Waals surface area contributed by atoms with Gasteiger partial charge in [-0.1, -0.05) is 6.07 Å². The lowest BCUT2D eigenvalue weighted by molar-refractivity contribution is -0.138. The molecule has 6 heteroatoms. The zero-order valence-corrected chi connectivity index (χ0v) is 10.1. The average molecular weight is 265 g/mol. The number of halogens is 4. The molecule has 2 nitrogen and oxygen atoms in total. The van der Waals surface area contributed by atoms with Gasteiger partial charge < -0.3 is 10.4 Å². The Hall–Kier alpha value is -1.14. The van der Waals surface area contributed by atoms with Crippen LogP contribution in [0, 0.1) is 5.82 Å². The van der Waals surface area contributed by atoms with Crippen LogP contribution in [0.4, 0.5) is 17.6 Å². The van der Waals surface area contributed by atoms with Crippen LogP contribution < -0.4 is 5.32 Å². The predicted molar refractivity (Wildman–Crippen MR) is 59.4 cm³/mol. The second kappa shape index (κ2) is 5.24. The normalized spacial score (nSPS) is 12.8. The first kappa shape index (κ1) is 14.9. The van der Waals surface area contributed by atoms with E-state index in [1.807, 2.05) is 0 Å². The van der Waals surface area contributed by atoms with Gasteiger partial charge in [-0.05, 0) is 31.5 Å². The van der Waals surface area contributed by atoms with E-state index in [9.17, 15) is 22.7 Å². The van der Waals surface area contributed by atoms with Gasteiger partial charge in [-0.25, -0.2) is 4.39 Å². The second-order valence-electron chi connectivity index (χ2n) is 4.72. The van der Waals surface area contributed by atoms with E-state index in [1.165, 1.54) is 13.8 Å². The first-order chi connectivity index (χ1) is 8.09. The summed E-state index contributed by atoms with van der Waals surface area (Å²) in [6.45, 7) is 3.13. The van der Waals surface area contributed by atoms with Crippen molar-refractivity contribution in [3.05, 3.63) is 35.1 Å². The van der Waals surface area contributed by atoms with E-state index in [4.69, 9.17) is 0 Å². The van der Waals surface area contributed by atoms with Crippen LogP contribution >= 0.6 is 0 Å². The lowest BCUT2D eigenvalue weighted by Crippen LogP contribution is -2.34. The molecule has 0 atom stereocenters. The minimum absolute atomic E-state index is 0.0480. The number of rotatable bonds is 4. The first-order valence-corrected chi connectivity index (χ1v) is 5.38. The topological polar surface area (TPSA) is 32.3 Å². The summed E-state index contributed by atoms with van der Waals surface area (Å²) in [4.78, 5) is 0. The van der Waals surface area contributed by atoms with Crippen molar-refractivity contribution in [3.8, 4) is 0 Å². The Morgan fingerprint density at radius 2 is 1.83 bits per heavy atom. The van der Waals surface area contributed by atoms with Gasteiger partial charge in [-0.3, -0.25) is 0 Å². The number of hydrogen-bond acceptors (Lipinski definition) is 2. The Morgan fingerprint density at radius 3 is 2.33 bits per heavy atom. The Kier molecular flexibility index (Phi) is 4.34. The third kappa shape index (κ3) is 4.62. The third-order valence-electron chi connectivity index (χ3n) is 2.25. The minimum Gasteiger partial charge on any atom is -0.389 e. The summed E-state index contributed by atoms with van der Waals surface area (Å²) in [7, 11) is 0. The third-order valence-corrected chi connectivity index (χ3v) is 2.25. The number of nitrogens with one attached hydrogen (secondary N) is 1. The molecule has 0 aromatic heterocycles. The molecule has 1 rings (SSSR count). The highest BCUT2D eigenvalue weighted by molar-refractivity contribution is 5.30. The van der Waals surface area contributed by atoms with Gasteiger partial charge in [0.15, 0.2) is 0 Å². The van der Waals surface area contributed by atoms with Crippen LogP contribution in [0.15, 0.2) is 18.2 Å². The largest absolute Gasteiger partial charge is 0.416 e. The molecule has 0 amide bonds. The quantitative estimate of drug-likeness (QED) is 0.820. The Labute approximate surface area is 103 Å². The fourth-order valence-corrected chi connectivity index (χ4v) is 1.47.